The molecule has 0 spiro atoms. The van der Waals surface area contributed by atoms with Gasteiger partial charge in [-0.3, -0.25) is 4.79 Å². The van der Waals surface area contributed by atoms with Crippen molar-refractivity contribution in [2.45, 2.75) is 53.6 Å². The number of rotatable bonds is 9. The van der Waals surface area contributed by atoms with E-state index in [0.717, 1.165) is 42.0 Å². The molecule has 29 heavy (non-hydrogen) atoms. The van der Waals surface area contributed by atoms with Crippen molar-refractivity contribution in [1.29, 1.82) is 0 Å². The number of fused-ring (bicyclic) bond motifs is 1. The topological polar surface area (TPSA) is 56.1 Å². The fraction of sp³-hybridized carbons (Fsp3) is 0.417. The van der Waals surface area contributed by atoms with Crippen LogP contribution in [-0.4, -0.2) is 22.1 Å². The number of hydrogen-bond donors (Lipinski definition) is 1. The highest BCUT2D eigenvalue weighted by Crippen LogP contribution is 2.19. The number of carbonyl (C=O) groups is 1. The molecule has 2 aromatic carbocycles. The highest BCUT2D eigenvalue weighted by Gasteiger charge is 2.12. The summed E-state index contributed by atoms with van der Waals surface area (Å²) in [5.41, 5.74) is 4.60. The zero-order valence-corrected chi connectivity index (χ0v) is 17.9. The second kappa shape index (κ2) is 9.59. The van der Waals surface area contributed by atoms with Gasteiger partial charge in [0.25, 0.3) is 0 Å². The van der Waals surface area contributed by atoms with E-state index in [9.17, 15) is 4.79 Å². The number of imidazole rings is 1. The Morgan fingerprint density at radius 2 is 1.90 bits per heavy atom. The van der Waals surface area contributed by atoms with Gasteiger partial charge >= 0.3 is 0 Å². The van der Waals surface area contributed by atoms with Gasteiger partial charge in [0.1, 0.15) is 11.6 Å². The van der Waals surface area contributed by atoms with E-state index in [4.69, 9.17) is 9.72 Å². The summed E-state index contributed by atoms with van der Waals surface area (Å²) in [5, 5.41) is 2.99. The Morgan fingerprint density at radius 3 is 2.66 bits per heavy atom. The van der Waals surface area contributed by atoms with Crippen molar-refractivity contribution in [3.8, 4) is 5.75 Å². The lowest BCUT2D eigenvalue weighted by Gasteiger charge is -2.12. The molecule has 1 amide bonds. The number of nitrogens with zero attached hydrogens (tertiary/aromatic N) is 2. The van der Waals surface area contributed by atoms with Crippen LogP contribution in [0.15, 0.2) is 42.5 Å². The molecule has 0 saturated heterocycles. The molecule has 0 saturated carbocycles. The smallest absolute Gasteiger partial charge is 0.222 e. The second-order valence-electron chi connectivity index (χ2n) is 7.84. The van der Waals surface area contributed by atoms with Crippen LogP contribution in [0.25, 0.3) is 11.0 Å². The number of benzene rings is 2. The van der Waals surface area contributed by atoms with Gasteiger partial charge in [0.15, 0.2) is 0 Å². The van der Waals surface area contributed by atoms with Crippen molar-refractivity contribution in [3.05, 3.63) is 59.4 Å². The van der Waals surface area contributed by atoms with Crippen molar-refractivity contribution in [2.75, 3.05) is 6.61 Å². The number of hydrogen-bond acceptors (Lipinski definition) is 3. The van der Waals surface area contributed by atoms with Gasteiger partial charge in [-0.25, -0.2) is 4.98 Å². The van der Waals surface area contributed by atoms with Crippen LogP contribution in [-0.2, 0) is 17.9 Å². The van der Waals surface area contributed by atoms with Gasteiger partial charge in [-0.15, -0.1) is 0 Å². The van der Waals surface area contributed by atoms with Crippen molar-refractivity contribution in [3.63, 3.8) is 0 Å². The van der Waals surface area contributed by atoms with Crippen molar-refractivity contribution in [1.82, 2.24) is 14.9 Å². The summed E-state index contributed by atoms with van der Waals surface area (Å²) in [6.07, 6.45) is 1.94. The number of para-hydroxylation sites is 2. The highest BCUT2D eigenvalue weighted by molar-refractivity contribution is 5.78. The minimum atomic E-state index is -0.0320. The standard InChI is InChI=1S/C24H31N3O2/c1-17(2)24(28)25-16-23-26-21-9-5-6-10-22(21)27(23)13-7-8-14-29-20-12-11-18(3)19(4)15-20/h5-6,9-12,15,17H,7-8,13-14,16H2,1-4H3,(H,25,28). The maximum absolute atomic E-state index is 12.0. The van der Waals surface area contributed by atoms with Crippen LogP contribution < -0.4 is 10.1 Å². The first-order valence-corrected chi connectivity index (χ1v) is 10.4. The van der Waals surface area contributed by atoms with Crippen LogP contribution in [0.2, 0.25) is 0 Å². The third kappa shape index (κ3) is 5.37. The lowest BCUT2D eigenvalue weighted by Crippen LogP contribution is -2.28. The zero-order valence-electron chi connectivity index (χ0n) is 17.9. The van der Waals surface area contributed by atoms with Crippen LogP contribution in [0.4, 0.5) is 0 Å². The number of aromatic nitrogens is 2. The van der Waals surface area contributed by atoms with E-state index >= 15 is 0 Å². The summed E-state index contributed by atoms with van der Waals surface area (Å²) < 4.78 is 8.12. The van der Waals surface area contributed by atoms with Crippen LogP contribution in [0, 0.1) is 19.8 Å². The first kappa shape index (κ1) is 20.9. The molecule has 1 aromatic heterocycles. The molecule has 3 aromatic rings. The molecule has 1 N–H and O–H groups in total. The summed E-state index contributed by atoms with van der Waals surface area (Å²) in [6, 6.07) is 14.3. The third-order valence-corrected chi connectivity index (χ3v) is 5.20. The number of carbonyl (C=O) groups excluding carboxylic acids is 1. The number of aryl methyl sites for hydroxylation is 3. The molecular formula is C24H31N3O2. The zero-order chi connectivity index (χ0) is 20.8. The molecule has 5 heteroatoms. The van der Waals surface area contributed by atoms with Crippen LogP contribution in [0.1, 0.15) is 43.6 Å². The first-order chi connectivity index (χ1) is 14.0. The quantitative estimate of drug-likeness (QED) is 0.532. The largest absolute Gasteiger partial charge is 0.494 e. The first-order valence-electron chi connectivity index (χ1n) is 10.4. The third-order valence-electron chi connectivity index (χ3n) is 5.20. The molecule has 154 valence electrons. The number of amides is 1. The molecule has 3 rings (SSSR count). The van der Waals surface area contributed by atoms with E-state index in [1.165, 1.54) is 11.1 Å². The molecule has 0 aliphatic rings. The molecule has 5 nitrogen and oxygen atoms in total. The van der Waals surface area contributed by atoms with E-state index in [1.807, 2.05) is 38.1 Å². The maximum Gasteiger partial charge on any atom is 0.222 e. The Morgan fingerprint density at radius 1 is 1.10 bits per heavy atom. The monoisotopic (exact) mass is 393 g/mol. The molecule has 0 fully saturated rings. The Balaban J connectivity index is 1.58. The van der Waals surface area contributed by atoms with E-state index in [1.54, 1.807) is 0 Å². The number of unbranched alkanes of at least 4 members (excludes halogenated alkanes) is 1. The van der Waals surface area contributed by atoms with Gasteiger partial charge in [0, 0.05) is 12.5 Å². The van der Waals surface area contributed by atoms with Gasteiger partial charge in [0.2, 0.25) is 5.91 Å². The summed E-state index contributed by atoms with van der Waals surface area (Å²) in [6.45, 7) is 9.99. The fourth-order valence-corrected chi connectivity index (χ4v) is 3.25. The van der Waals surface area contributed by atoms with E-state index < -0.39 is 0 Å². The Hall–Kier alpha value is -2.82. The molecule has 0 aliphatic carbocycles. The van der Waals surface area contributed by atoms with Crippen molar-refractivity contribution in [2.24, 2.45) is 5.92 Å². The van der Waals surface area contributed by atoms with E-state index in [2.05, 4.69) is 41.9 Å². The molecular weight excluding hydrogens is 362 g/mol. The average molecular weight is 394 g/mol. The number of ether oxygens (including phenoxy) is 1. The fourth-order valence-electron chi connectivity index (χ4n) is 3.25. The van der Waals surface area contributed by atoms with Gasteiger partial charge in [0.05, 0.1) is 24.2 Å². The van der Waals surface area contributed by atoms with Crippen molar-refractivity contribution >= 4 is 16.9 Å². The average Bonchev–Trinajstić information content (AvgIpc) is 3.06. The van der Waals surface area contributed by atoms with Gasteiger partial charge in [-0.05, 0) is 62.1 Å². The van der Waals surface area contributed by atoms with Crippen LogP contribution in [0.5, 0.6) is 5.75 Å². The van der Waals surface area contributed by atoms with Gasteiger partial charge in [-0.2, -0.15) is 0 Å². The highest BCUT2D eigenvalue weighted by atomic mass is 16.5. The molecule has 0 atom stereocenters. The van der Waals surface area contributed by atoms with Crippen molar-refractivity contribution < 1.29 is 9.53 Å². The second-order valence-corrected chi connectivity index (χ2v) is 7.84. The summed E-state index contributed by atoms with van der Waals surface area (Å²) in [5.74, 6) is 1.84. The van der Waals surface area contributed by atoms with Crippen LogP contribution in [0.3, 0.4) is 0 Å². The summed E-state index contributed by atoms with van der Waals surface area (Å²) >= 11 is 0. The van der Waals surface area contributed by atoms with E-state index in [0.29, 0.717) is 13.2 Å². The minimum absolute atomic E-state index is 0.0320. The predicted molar refractivity (Wildman–Crippen MR) is 117 cm³/mol. The molecule has 0 radical (unpaired) electrons. The van der Waals surface area contributed by atoms with E-state index in [-0.39, 0.29) is 11.8 Å². The molecule has 0 aliphatic heterocycles. The Bertz CT molecular complexity index is 975. The Labute approximate surface area is 173 Å². The van der Waals surface area contributed by atoms with Crippen LogP contribution >= 0.6 is 0 Å². The summed E-state index contributed by atoms with van der Waals surface area (Å²) in [4.78, 5) is 16.7. The molecule has 1 heterocycles. The lowest BCUT2D eigenvalue weighted by atomic mass is 10.1. The molecule has 0 unspecified atom stereocenters. The van der Waals surface area contributed by atoms with Gasteiger partial charge in [-0.1, -0.05) is 32.0 Å². The Kier molecular flexibility index (Phi) is 6.91. The lowest BCUT2D eigenvalue weighted by molar-refractivity contribution is -0.124. The minimum Gasteiger partial charge on any atom is -0.494 e. The number of nitrogens with one attached hydrogen (secondary N) is 1. The predicted octanol–water partition coefficient (Wildman–Crippen LogP) is 4.78. The summed E-state index contributed by atoms with van der Waals surface area (Å²) in [7, 11) is 0. The SMILES string of the molecule is Cc1ccc(OCCCCn2c(CNC(=O)C(C)C)nc3ccccc32)cc1C. The van der Waals surface area contributed by atoms with Gasteiger partial charge < -0.3 is 14.6 Å². The normalized spacial score (nSPS) is 11.2. The molecule has 0 bridgehead atoms. The maximum atomic E-state index is 12.0.